The van der Waals surface area contributed by atoms with E-state index in [1.807, 2.05) is 0 Å². The van der Waals surface area contributed by atoms with Crippen molar-refractivity contribution in [1.29, 1.82) is 0 Å². The molecule has 2 heteroatoms. The Morgan fingerprint density at radius 1 is 1.12 bits per heavy atom. The van der Waals surface area contributed by atoms with Gasteiger partial charge in [-0.05, 0) is 62.8 Å². The molecule has 1 aromatic carbocycles. The molecule has 2 unspecified atom stereocenters. The molecule has 0 spiro atoms. The van der Waals surface area contributed by atoms with Crippen LogP contribution >= 0.6 is 0 Å². The van der Waals surface area contributed by atoms with E-state index >= 15 is 0 Å². The summed E-state index contributed by atoms with van der Waals surface area (Å²) in [5.41, 5.74) is 8.48. The van der Waals surface area contributed by atoms with Gasteiger partial charge in [0.1, 0.15) is 11.9 Å². The van der Waals surface area contributed by atoms with Crippen LogP contribution in [0.15, 0.2) is 18.2 Å². The molecule has 2 rings (SSSR count). The SMILES string of the molecule is Cc1cc(C)cc(OC2CCCC(N)C2)c1. The molecule has 1 aliphatic carbocycles. The van der Waals surface area contributed by atoms with Gasteiger partial charge in [0, 0.05) is 6.04 Å². The molecule has 0 heterocycles. The van der Waals surface area contributed by atoms with Crippen LogP contribution in [-0.4, -0.2) is 12.1 Å². The quantitative estimate of drug-likeness (QED) is 0.830. The van der Waals surface area contributed by atoms with Gasteiger partial charge in [0.05, 0.1) is 0 Å². The third-order valence-electron chi connectivity index (χ3n) is 3.16. The van der Waals surface area contributed by atoms with Gasteiger partial charge in [-0.1, -0.05) is 6.07 Å². The average molecular weight is 219 g/mol. The first-order valence-electron chi connectivity index (χ1n) is 6.14. The Balaban J connectivity index is 2.02. The molecule has 1 aliphatic rings. The normalized spacial score (nSPS) is 25.4. The highest BCUT2D eigenvalue weighted by Gasteiger charge is 2.20. The number of hydrogen-bond donors (Lipinski definition) is 1. The Morgan fingerprint density at radius 3 is 2.44 bits per heavy atom. The Labute approximate surface area is 97.8 Å². The van der Waals surface area contributed by atoms with E-state index in [4.69, 9.17) is 10.5 Å². The van der Waals surface area contributed by atoms with Crippen molar-refractivity contribution in [2.24, 2.45) is 5.73 Å². The van der Waals surface area contributed by atoms with E-state index in [1.54, 1.807) is 0 Å². The zero-order chi connectivity index (χ0) is 11.5. The Morgan fingerprint density at radius 2 is 1.81 bits per heavy atom. The van der Waals surface area contributed by atoms with Gasteiger partial charge in [0.25, 0.3) is 0 Å². The number of nitrogens with two attached hydrogens (primary N) is 1. The summed E-state index contributed by atoms with van der Waals surface area (Å²) in [6, 6.07) is 6.70. The fourth-order valence-electron chi connectivity index (χ4n) is 2.48. The van der Waals surface area contributed by atoms with Crippen molar-refractivity contribution in [3.8, 4) is 5.75 Å². The van der Waals surface area contributed by atoms with Crippen LogP contribution in [0, 0.1) is 13.8 Å². The molecule has 0 radical (unpaired) electrons. The van der Waals surface area contributed by atoms with E-state index in [9.17, 15) is 0 Å². The number of rotatable bonds is 2. The highest BCUT2D eigenvalue weighted by molar-refractivity contribution is 5.33. The molecule has 1 saturated carbocycles. The van der Waals surface area contributed by atoms with E-state index in [0.29, 0.717) is 12.1 Å². The van der Waals surface area contributed by atoms with Crippen molar-refractivity contribution in [1.82, 2.24) is 0 Å². The van der Waals surface area contributed by atoms with Crippen molar-refractivity contribution < 1.29 is 4.74 Å². The van der Waals surface area contributed by atoms with Gasteiger partial charge < -0.3 is 10.5 Å². The largest absolute Gasteiger partial charge is 0.490 e. The molecular formula is C14H21NO. The van der Waals surface area contributed by atoms with Gasteiger partial charge in [0.2, 0.25) is 0 Å². The summed E-state index contributed by atoms with van der Waals surface area (Å²) in [4.78, 5) is 0. The van der Waals surface area contributed by atoms with Crippen molar-refractivity contribution in [2.45, 2.75) is 51.7 Å². The number of ether oxygens (including phenoxy) is 1. The Kier molecular flexibility index (Phi) is 3.49. The van der Waals surface area contributed by atoms with Gasteiger partial charge >= 0.3 is 0 Å². The minimum Gasteiger partial charge on any atom is -0.490 e. The lowest BCUT2D eigenvalue weighted by molar-refractivity contribution is 0.144. The van der Waals surface area contributed by atoms with Crippen LogP contribution in [0.2, 0.25) is 0 Å². The first-order valence-corrected chi connectivity index (χ1v) is 6.14. The molecule has 0 amide bonds. The van der Waals surface area contributed by atoms with Crippen LogP contribution in [0.5, 0.6) is 5.75 Å². The lowest BCUT2D eigenvalue weighted by Crippen LogP contribution is -2.33. The summed E-state index contributed by atoms with van der Waals surface area (Å²) in [5, 5.41) is 0. The van der Waals surface area contributed by atoms with Crippen molar-refractivity contribution >= 4 is 0 Å². The topological polar surface area (TPSA) is 35.2 Å². The molecule has 0 aliphatic heterocycles. The number of aryl methyl sites for hydroxylation is 2. The van der Waals surface area contributed by atoms with Crippen molar-refractivity contribution in [3.05, 3.63) is 29.3 Å². The van der Waals surface area contributed by atoms with E-state index in [0.717, 1.165) is 25.0 Å². The summed E-state index contributed by atoms with van der Waals surface area (Å²) in [7, 11) is 0. The number of hydrogen-bond acceptors (Lipinski definition) is 2. The second kappa shape index (κ2) is 4.88. The maximum atomic E-state index is 6.01. The molecule has 88 valence electrons. The minimum atomic E-state index is 0.310. The van der Waals surface area contributed by atoms with E-state index < -0.39 is 0 Å². The molecule has 0 aromatic heterocycles. The smallest absolute Gasteiger partial charge is 0.120 e. The third kappa shape index (κ3) is 2.99. The molecule has 2 N–H and O–H groups in total. The van der Waals surface area contributed by atoms with Crippen LogP contribution in [0.1, 0.15) is 36.8 Å². The first-order chi connectivity index (χ1) is 7.63. The first kappa shape index (κ1) is 11.5. The molecule has 1 fully saturated rings. The highest BCUT2D eigenvalue weighted by atomic mass is 16.5. The predicted octanol–water partition coefficient (Wildman–Crippen LogP) is 2.95. The highest BCUT2D eigenvalue weighted by Crippen LogP contribution is 2.24. The molecule has 0 bridgehead atoms. The summed E-state index contributed by atoms with van der Waals surface area (Å²) in [6.07, 6.45) is 4.78. The molecule has 16 heavy (non-hydrogen) atoms. The zero-order valence-electron chi connectivity index (χ0n) is 10.2. The van der Waals surface area contributed by atoms with Gasteiger partial charge in [-0.3, -0.25) is 0 Å². The fourth-order valence-corrected chi connectivity index (χ4v) is 2.48. The van der Waals surface area contributed by atoms with E-state index in [1.165, 1.54) is 17.5 Å². The van der Waals surface area contributed by atoms with Crippen LogP contribution in [0.25, 0.3) is 0 Å². The zero-order valence-corrected chi connectivity index (χ0v) is 10.2. The van der Waals surface area contributed by atoms with E-state index in [2.05, 4.69) is 32.0 Å². The summed E-state index contributed by atoms with van der Waals surface area (Å²) < 4.78 is 6.01. The van der Waals surface area contributed by atoms with E-state index in [-0.39, 0.29) is 0 Å². The minimum absolute atomic E-state index is 0.310. The molecule has 2 nitrogen and oxygen atoms in total. The van der Waals surface area contributed by atoms with Crippen LogP contribution in [-0.2, 0) is 0 Å². The maximum absolute atomic E-state index is 6.01. The van der Waals surface area contributed by atoms with Gasteiger partial charge in [-0.2, -0.15) is 0 Å². The third-order valence-corrected chi connectivity index (χ3v) is 3.16. The average Bonchev–Trinajstić information content (AvgIpc) is 2.15. The van der Waals surface area contributed by atoms with Gasteiger partial charge in [-0.15, -0.1) is 0 Å². The lowest BCUT2D eigenvalue weighted by atomic mass is 9.93. The summed E-state index contributed by atoms with van der Waals surface area (Å²) in [6.45, 7) is 4.21. The predicted molar refractivity (Wildman–Crippen MR) is 66.8 cm³/mol. The fraction of sp³-hybridized carbons (Fsp3) is 0.571. The van der Waals surface area contributed by atoms with Crippen LogP contribution in [0.4, 0.5) is 0 Å². The van der Waals surface area contributed by atoms with Gasteiger partial charge in [-0.25, -0.2) is 0 Å². The van der Waals surface area contributed by atoms with Crippen molar-refractivity contribution in [2.75, 3.05) is 0 Å². The second-order valence-corrected chi connectivity index (χ2v) is 4.99. The van der Waals surface area contributed by atoms with Gasteiger partial charge in [0.15, 0.2) is 0 Å². The monoisotopic (exact) mass is 219 g/mol. The van der Waals surface area contributed by atoms with Crippen LogP contribution in [0.3, 0.4) is 0 Å². The molecule has 0 saturated heterocycles. The van der Waals surface area contributed by atoms with Crippen LogP contribution < -0.4 is 10.5 Å². The standard InChI is InChI=1S/C14H21NO/c1-10-6-11(2)8-14(7-10)16-13-5-3-4-12(15)9-13/h6-8,12-13H,3-5,9,15H2,1-2H3. The maximum Gasteiger partial charge on any atom is 0.120 e. The summed E-state index contributed by atoms with van der Waals surface area (Å²) >= 11 is 0. The number of benzene rings is 1. The lowest BCUT2D eigenvalue weighted by Gasteiger charge is -2.27. The Hall–Kier alpha value is -1.02. The second-order valence-electron chi connectivity index (χ2n) is 4.99. The molecular weight excluding hydrogens is 198 g/mol. The summed E-state index contributed by atoms with van der Waals surface area (Å²) in [5.74, 6) is 0.997. The van der Waals surface area contributed by atoms with Crippen molar-refractivity contribution in [3.63, 3.8) is 0 Å². The molecule has 2 atom stereocenters. The molecule has 1 aromatic rings. The Bertz CT molecular complexity index is 342.